The Bertz CT molecular complexity index is 760. The molecule has 1 aliphatic carbocycles. The van der Waals surface area contributed by atoms with Gasteiger partial charge in [-0.3, -0.25) is 4.99 Å². The van der Waals surface area contributed by atoms with Gasteiger partial charge in [-0.15, -0.1) is 24.0 Å². The predicted octanol–water partition coefficient (Wildman–Crippen LogP) is 3.98. The van der Waals surface area contributed by atoms with Gasteiger partial charge in [0, 0.05) is 29.4 Å². The van der Waals surface area contributed by atoms with E-state index in [1.54, 1.807) is 0 Å². The highest BCUT2D eigenvalue weighted by Gasteiger charge is 2.45. The van der Waals surface area contributed by atoms with Crippen LogP contribution in [0.5, 0.6) is 0 Å². The number of aromatic nitrogens is 2. The molecule has 0 saturated heterocycles. The van der Waals surface area contributed by atoms with E-state index in [4.69, 9.17) is 9.52 Å². The van der Waals surface area contributed by atoms with Crippen LogP contribution in [0.3, 0.4) is 0 Å². The van der Waals surface area contributed by atoms with Gasteiger partial charge in [0.25, 0.3) is 0 Å². The molecule has 0 radical (unpaired) electrons. The zero-order valence-electron chi connectivity index (χ0n) is 15.8. The summed E-state index contributed by atoms with van der Waals surface area (Å²) in [5, 5.41) is 10.5. The number of benzene rings is 1. The zero-order valence-corrected chi connectivity index (χ0v) is 19.7. The van der Waals surface area contributed by atoms with E-state index in [2.05, 4.69) is 67.9 Å². The lowest BCUT2D eigenvalue weighted by atomic mass is 9.96. The van der Waals surface area contributed by atoms with Crippen molar-refractivity contribution in [2.24, 2.45) is 4.99 Å². The van der Waals surface area contributed by atoms with E-state index in [1.165, 1.54) is 22.9 Å². The molecule has 1 aromatic heterocycles. The third-order valence-corrected chi connectivity index (χ3v) is 5.30. The number of rotatable bonds is 8. The Hall–Kier alpha value is -1.16. The quantitative estimate of drug-likeness (QED) is 0.226. The normalized spacial score (nSPS) is 15.1. The van der Waals surface area contributed by atoms with Crippen molar-refractivity contribution in [2.75, 3.05) is 19.6 Å². The summed E-state index contributed by atoms with van der Waals surface area (Å²) in [6.07, 6.45) is 4.07. The Morgan fingerprint density at radius 2 is 2.07 bits per heavy atom. The van der Waals surface area contributed by atoms with Gasteiger partial charge in [-0.1, -0.05) is 39.3 Å². The molecule has 1 aliphatic rings. The molecular formula is C19H27BrIN5O. The standard InChI is InChI=1S/C19H26BrN5O.HI/c1-3-21-18(22-12-6-9-17-24-14(2)25-26-17)23-13-19(10-11-19)15-7-4-5-8-16(15)20;/h4-5,7-8H,3,6,9-13H2,1-2H3,(H2,21,22,23);1H. The number of nitrogens with one attached hydrogen (secondary N) is 2. The van der Waals surface area contributed by atoms with Crippen molar-refractivity contribution in [3.8, 4) is 0 Å². The molecule has 1 aromatic carbocycles. The Kier molecular flexibility index (Phi) is 8.53. The van der Waals surface area contributed by atoms with Crippen LogP contribution in [0.2, 0.25) is 0 Å². The maximum absolute atomic E-state index is 5.14. The minimum atomic E-state index is 0. The lowest BCUT2D eigenvalue weighted by Crippen LogP contribution is -2.38. The Morgan fingerprint density at radius 3 is 2.70 bits per heavy atom. The van der Waals surface area contributed by atoms with Gasteiger partial charge in [0.15, 0.2) is 11.8 Å². The fourth-order valence-electron chi connectivity index (χ4n) is 3.01. The second kappa shape index (κ2) is 10.4. The maximum Gasteiger partial charge on any atom is 0.226 e. The van der Waals surface area contributed by atoms with E-state index in [1.807, 2.05) is 6.92 Å². The zero-order chi connectivity index (χ0) is 18.4. The van der Waals surface area contributed by atoms with Gasteiger partial charge >= 0.3 is 0 Å². The molecule has 0 bridgehead atoms. The smallest absolute Gasteiger partial charge is 0.226 e. The molecule has 8 heteroatoms. The van der Waals surface area contributed by atoms with Crippen LogP contribution in [0.1, 0.15) is 43.5 Å². The molecule has 0 atom stereocenters. The van der Waals surface area contributed by atoms with Gasteiger partial charge in [0.05, 0.1) is 6.54 Å². The highest BCUT2D eigenvalue weighted by molar-refractivity contribution is 14.0. The van der Waals surface area contributed by atoms with Gasteiger partial charge in [0.1, 0.15) is 0 Å². The van der Waals surface area contributed by atoms with Crippen molar-refractivity contribution in [2.45, 2.75) is 44.9 Å². The van der Waals surface area contributed by atoms with E-state index in [0.29, 0.717) is 11.7 Å². The number of halogens is 2. The summed E-state index contributed by atoms with van der Waals surface area (Å²) >= 11 is 3.69. The highest BCUT2D eigenvalue weighted by atomic mass is 127. The molecule has 0 unspecified atom stereocenters. The first-order valence-corrected chi connectivity index (χ1v) is 9.99. The topological polar surface area (TPSA) is 75.3 Å². The van der Waals surface area contributed by atoms with Crippen molar-refractivity contribution in [3.05, 3.63) is 46.0 Å². The van der Waals surface area contributed by atoms with Crippen LogP contribution in [0, 0.1) is 6.92 Å². The van der Waals surface area contributed by atoms with Crippen molar-refractivity contribution in [1.29, 1.82) is 0 Å². The second-order valence-corrected chi connectivity index (χ2v) is 7.58. The first-order valence-electron chi connectivity index (χ1n) is 9.19. The molecule has 0 amide bonds. The lowest BCUT2D eigenvalue weighted by Gasteiger charge is -2.17. The van der Waals surface area contributed by atoms with Crippen LogP contribution in [0.25, 0.3) is 0 Å². The third kappa shape index (κ3) is 6.17. The number of hydrogen-bond acceptors (Lipinski definition) is 4. The van der Waals surface area contributed by atoms with Gasteiger partial charge in [-0.05, 0) is 44.7 Å². The molecule has 6 nitrogen and oxygen atoms in total. The van der Waals surface area contributed by atoms with E-state index in [0.717, 1.165) is 38.4 Å². The van der Waals surface area contributed by atoms with E-state index in [9.17, 15) is 0 Å². The van der Waals surface area contributed by atoms with Crippen LogP contribution in [-0.4, -0.2) is 35.7 Å². The molecule has 27 heavy (non-hydrogen) atoms. The number of aryl methyl sites for hydroxylation is 2. The summed E-state index contributed by atoms with van der Waals surface area (Å²) in [5.74, 6) is 2.24. The molecule has 148 valence electrons. The SMILES string of the molecule is CCNC(=NCC1(c2ccccc2Br)CC1)NCCCc1nc(C)no1.I. The Morgan fingerprint density at radius 1 is 1.30 bits per heavy atom. The minimum Gasteiger partial charge on any atom is -0.357 e. The summed E-state index contributed by atoms with van der Waals surface area (Å²) in [6, 6.07) is 8.48. The number of guanidine groups is 1. The maximum atomic E-state index is 5.14. The van der Waals surface area contributed by atoms with E-state index < -0.39 is 0 Å². The van der Waals surface area contributed by atoms with Crippen LogP contribution >= 0.6 is 39.9 Å². The van der Waals surface area contributed by atoms with Crippen molar-refractivity contribution in [1.82, 2.24) is 20.8 Å². The van der Waals surface area contributed by atoms with E-state index in [-0.39, 0.29) is 29.4 Å². The molecule has 1 fully saturated rings. The first kappa shape index (κ1) is 22.1. The molecule has 0 aliphatic heterocycles. The lowest BCUT2D eigenvalue weighted by molar-refractivity contribution is 0.372. The molecule has 0 spiro atoms. The van der Waals surface area contributed by atoms with Crippen LogP contribution in [-0.2, 0) is 11.8 Å². The summed E-state index contributed by atoms with van der Waals surface area (Å²) < 4.78 is 6.32. The third-order valence-electron chi connectivity index (χ3n) is 4.61. The number of hydrogen-bond donors (Lipinski definition) is 2. The number of aliphatic imine (C=N–C) groups is 1. The molecule has 1 heterocycles. The van der Waals surface area contributed by atoms with Gasteiger partial charge < -0.3 is 15.2 Å². The van der Waals surface area contributed by atoms with Gasteiger partial charge in [-0.25, -0.2) is 0 Å². The van der Waals surface area contributed by atoms with Crippen LogP contribution in [0.15, 0.2) is 38.3 Å². The van der Waals surface area contributed by atoms with E-state index >= 15 is 0 Å². The predicted molar refractivity (Wildman–Crippen MR) is 122 cm³/mol. The van der Waals surface area contributed by atoms with Crippen LogP contribution in [0.4, 0.5) is 0 Å². The molecule has 3 rings (SSSR count). The Labute approximate surface area is 186 Å². The van der Waals surface area contributed by atoms with Crippen molar-refractivity contribution >= 4 is 45.9 Å². The molecular weight excluding hydrogens is 521 g/mol. The van der Waals surface area contributed by atoms with Crippen LogP contribution < -0.4 is 10.6 Å². The average molecular weight is 548 g/mol. The van der Waals surface area contributed by atoms with Gasteiger partial charge in [-0.2, -0.15) is 4.98 Å². The largest absolute Gasteiger partial charge is 0.357 e. The summed E-state index contributed by atoms with van der Waals surface area (Å²) in [6.45, 7) is 6.37. The van der Waals surface area contributed by atoms with Crippen molar-refractivity contribution in [3.63, 3.8) is 0 Å². The number of nitrogens with zero attached hydrogens (tertiary/aromatic N) is 3. The van der Waals surface area contributed by atoms with Gasteiger partial charge in [0.2, 0.25) is 5.89 Å². The molecule has 2 aromatic rings. The first-order chi connectivity index (χ1) is 12.6. The summed E-state index contributed by atoms with van der Waals surface area (Å²) in [4.78, 5) is 9.06. The molecule has 1 saturated carbocycles. The highest BCUT2D eigenvalue weighted by Crippen LogP contribution is 2.50. The fourth-order valence-corrected chi connectivity index (χ4v) is 3.72. The summed E-state index contributed by atoms with van der Waals surface area (Å²) in [5.41, 5.74) is 1.55. The Balaban J connectivity index is 0.00000261. The average Bonchev–Trinajstić information content (AvgIpc) is 3.31. The second-order valence-electron chi connectivity index (χ2n) is 6.72. The molecule has 2 N–H and O–H groups in total. The monoisotopic (exact) mass is 547 g/mol. The van der Waals surface area contributed by atoms with Crippen molar-refractivity contribution < 1.29 is 4.52 Å². The minimum absolute atomic E-state index is 0. The fraction of sp³-hybridized carbons (Fsp3) is 0.526. The summed E-state index contributed by atoms with van der Waals surface area (Å²) in [7, 11) is 0.